The Bertz CT molecular complexity index is 7220. The van der Waals surface area contributed by atoms with Gasteiger partial charge in [-0.3, -0.25) is 79.7 Å². The Morgan fingerprint density at radius 1 is 0.0972 bits per heavy atom. The van der Waals surface area contributed by atoms with Crippen molar-refractivity contribution >= 4 is 0 Å². The van der Waals surface area contributed by atoms with Crippen molar-refractivity contribution in [2.24, 2.45) is 0 Å². The maximum Gasteiger partial charge on any atom is 0.182 e. The van der Waals surface area contributed by atoms with Crippen LogP contribution in [0.1, 0.15) is 0 Å². The summed E-state index contributed by atoms with van der Waals surface area (Å²) in [6, 6.07) is 113. The van der Waals surface area contributed by atoms with E-state index in [1.54, 1.807) is 99.1 Å². The number of benzene rings is 5. The second-order valence-corrected chi connectivity index (χ2v) is 32.9. The maximum absolute atomic E-state index is 4.98. The Labute approximate surface area is 826 Å². The van der Waals surface area contributed by atoms with Crippen LogP contribution in [-0.2, 0) is 0 Å². The molecule has 25 heteroatoms. The first kappa shape index (κ1) is 88.8. The summed E-state index contributed by atoms with van der Waals surface area (Å²) in [6.45, 7) is 0. The SMILES string of the molecule is c1cc(-c2ccc(-c3nc(-c4cc(-c5ccncc5)cc(-c5ccncc5)c4)nc(-c4ccc(-c5ccncc5)cn4)n3)nc2)ccn1.c1ccc(-c2ccc(-c3nc(-c4cc(-c5ccccn5)cc(-c5ccccn5)c4)nc(-c4ccc(-c5ccccc5)cn4)n3)nc2)cc1.c1ccc(-c2ccc(-c3nc(-c4cc(-c5ccccn5)cc(-c5ccccn5)c4)nc(-c4ccc(-c5ccccn5)cn4)n3)nc2)nc1. The molecular weight excluding hydrogens is 1780 g/mol. The number of hydrogen-bond acceptors (Lipinski definition) is 25. The molecule has 0 aliphatic carbocycles. The highest BCUT2D eigenvalue weighted by Gasteiger charge is 2.23. The molecule has 678 valence electrons. The van der Waals surface area contributed by atoms with Crippen molar-refractivity contribution < 1.29 is 0 Å². The fourth-order valence-electron chi connectivity index (χ4n) is 16.2. The van der Waals surface area contributed by atoms with Gasteiger partial charge in [0.2, 0.25) is 0 Å². The average molecular weight is 1860 g/mol. The smallest absolute Gasteiger partial charge is 0.182 e. The van der Waals surface area contributed by atoms with E-state index in [2.05, 4.69) is 117 Å². The molecule has 5 aromatic carbocycles. The van der Waals surface area contributed by atoms with Gasteiger partial charge in [0, 0.05) is 196 Å². The zero-order valence-corrected chi connectivity index (χ0v) is 76.6. The molecule has 0 saturated carbocycles. The first-order chi connectivity index (χ1) is 71.3. The van der Waals surface area contributed by atoms with Gasteiger partial charge in [0.1, 0.15) is 34.2 Å². The number of rotatable bonds is 21. The van der Waals surface area contributed by atoms with Crippen molar-refractivity contribution in [3.63, 3.8) is 0 Å². The van der Waals surface area contributed by atoms with E-state index in [0.717, 1.165) is 151 Å². The molecule has 144 heavy (non-hydrogen) atoms. The summed E-state index contributed by atoms with van der Waals surface area (Å²) in [4.78, 5) is 117. The lowest BCUT2D eigenvalue weighted by Gasteiger charge is -2.12. The summed E-state index contributed by atoms with van der Waals surface area (Å²) in [5, 5.41) is 0. The summed E-state index contributed by atoms with van der Waals surface area (Å²) in [5.41, 5.74) is 28.8. The van der Waals surface area contributed by atoms with Crippen LogP contribution in [0, 0.1) is 0 Å². The van der Waals surface area contributed by atoms with E-state index in [1.165, 1.54) is 0 Å². The predicted molar refractivity (Wildman–Crippen MR) is 558 cm³/mol. The minimum atomic E-state index is 0.417. The second kappa shape index (κ2) is 42.0. The van der Waals surface area contributed by atoms with Gasteiger partial charge in [-0.25, -0.2) is 44.9 Å². The second-order valence-electron chi connectivity index (χ2n) is 32.9. The number of aromatic nitrogens is 25. The molecule has 24 aromatic rings. The largest absolute Gasteiger partial charge is 0.265 e. The van der Waals surface area contributed by atoms with Crippen LogP contribution in [0.3, 0.4) is 0 Å². The third-order valence-electron chi connectivity index (χ3n) is 23.5. The Balaban J connectivity index is 0.000000123. The summed E-state index contributed by atoms with van der Waals surface area (Å²) >= 11 is 0. The molecule has 0 unspecified atom stereocenters. The van der Waals surface area contributed by atoms with Crippen molar-refractivity contribution in [1.82, 2.24) is 125 Å². The number of pyridine rings is 16. The highest BCUT2D eigenvalue weighted by Crippen LogP contribution is 2.39. The zero-order valence-electron chi connectivity index (χ0n) is 76.6. The van der Waals surface area contributed by atoms with Gasteiger partial charge in [0.15, 0.2) is 52.4 Å². The molecule has 0 fully saturated rings. The highest BCUT2D eigenvalue weighted by molar-refractivity contribution is 5.84. The maximum atomic E-state index is 4.98. The Kier molecular flexibility index (Phi) is 25.9. The zero-order chi connectivity index (χ0) is 96.4. The van der Waals surface area contributed by atoms with Gasteiger partial charge < -0.3 is 0 Å². The topological polar surface area (TPSA) is 322 Å². The molecule has 19 heterocycles. The van der Waals surface area contributed by atoms with Crippen LogP contribution in [0.2, 0.25) is 0 Å². The van der Waals surface area contributed by atoms with E-state index < -0.39 is 0 Å². The first-order valence-electron chi connectivity index (χ1n) is 46.0. The average Bonchev–Trinajstić information content (AvgIpc) is 0.785. The van der Waals surface area contributed by atoms with Crippen LogP contribution in [0.5, 0.6) is 0 Å². The Hall–Kier alpha value is -20.5. The van der Waals surface area contributed by atoms with Gasteiger partial charge in [-0.15, -0.1) is 0 Å². The van der Waals surface area contributed by atoms with Crippen molar-refractivity contribution in [3.05, 3.63) is 470 Å². The third-order valence-corrected chi connectivity index (χ3v) is 23.5. The van der Waals surface area contributed by atoms with E-state index >= 15 is 0 Å². The molecule has 0 atom stereocenters. The third kappa shape index (κ3) is 20.8. The van der Waals surface area contributed by atoms with Gasteiger partial charge in [0.25, 0.3) is 0 Å². The van der Waals surface area contributed by atoms with Crippen molar-refractivity contribution in [2.75, 3.05) is 0 Å². The lowest BCUT2D eigenvalue weighted by atomic mass is 9.96. The van der Waals surface area contributed by atoms with Gasteiger partial charge in [-0.1, -0.05) is 121 Å². The molecule has 0 N–H and O–H groups in total. The molecule has 0 saturated heterocycles. The first-order valence-corrected chi connectivity index (χ1v) is 46.0. The summed E-state index contributed by atoms with van der Waals surface area (Å²) < 4.78 is 0. The number of nitrogens with zero attached hydrogens (tertiary/aromatic N) is 25. The summed E-state index contributed by atoms with van der Waals surface area (Å²) in [6.07, 6.45) is 35.8. The summed E-state index contributed by atoms with van der Waals surface area (Å²) in [5.74, 6) is 4.08. The molecule has 0 spiro atoms. The van der Waals surface area contributed by atoms with Crippen LogP contribution in [0.15, 0.2) is 470 Å². The molecule has 0 aliphatic rings. The van der Waals surface area contributed by atoms with E-state index in [9.17, 15) is 0 Å². The van der Waals surface area contributed by atoms with Gasteiger partial charge in [-0.05, 0) is 269 Å². The van der Waals surface area contributed by atoms with E-state index in [0.29, 0.717) is 86.6 Å². The van der Waals surface area contributed by atoms with Crippen molar-refractivity contribution in [2.45, 2.75) is 0 Å². The van der Waals surface area contributed by atoms with E-state index in [-0.39, 0.29) is 0 Å². The fourth-order valence-corrected chi connectivity index (χ4v) is 16.2. The van der Waals surface area contributed by atoms with Crippen molar-refractivity contribution in [1.29, 1.82) is 0 Å². The molecular formula is C119H77N25. The van der Waals surface area contributed by atoms with Crippen LogP contribution in [0.4, 0.5) is 0 Å². The Morgan fingerprint density at radius 2 is 0.278 bits per heavy atom. The van der Waals surface area contributed by atoms with Crippen LogP contribution in [0.25, 0.3) is 238 Å². The minimum absolute atomic E-state index is 0.417. The monoisotopic (exact) mass is 1860 g/mol. The number of hydrogen-bond donors (Lipinski definition) is 0. The molecule has 19 aromatic heterocycles. The van der Waals surface area contributed by atoms with Gasteiger partial charge in [0.05, 0.1) is 34.2 Å². The molecule has 0 radical (unpaired) electrons. The minimum Gasteiger partial charge on any atom is -0.265 e. The molecule has 25 nitrogen and oxygen atoms in total. The van der Waals surface area contributed by atoms with Gasteiger partial charge in [-0.2, -0.15) is 0 Å². The van der Waals surface area contributed by atoms with Crippen LogP contribution in [-0.4, -0.2) is 125 Å². The summed E-state index contributed by atoms with van der Waals surface area (Å²) in [7, 11) is 0. The lowest BCUT2D eigenvalue weighted by Crippen LogP contribution is -2.02. The van der Waals surface area contributed by atoms with Gasteiger partial charge >= 0.3 is 0 Å². The van der Waals surface area contributed by atoms with Crippen LogP contribution >= 0.6 is 0 Å². The van der Waals surface area contributed by atoms with E-state index in [4.69, 9.17) is 74.8 Å². The van der Waals surface area contributed by atoms with E-state index in [1.807, 2.05) is 304 Å². The molecule has 24 rings (SSSR count). The normalized spacial score (nSPS) is 10.9. The Morgan fingerprint density at radius 3 is 0.493 bits per heavy atom. The molecule has 0 aliphatic heterocycles. The fraction of sp³-hybridized carbons (Fsp3) is 0. The molecule has 0 bridgehead atoms. The standard InChI is InChI=1S/C41H27N7.2C39H25N9/c1-3-11-28(12-4-1)30-17-19-37(44-26-30)40-46-39(47-41(48-40)38-20-18-31(27-45-38)29-13-5-2-6-14-29)34-24-32(35-15-7-9-21-42-35)23-33(25-34)36-16-8-10-22-43-36;1-5-17-40-31(9-1)26-13-15-35(44-24-26)38-46-37(47-39(48-38)36-16-14-27(25-45-36)32-10-2-6-18-41-32)30-22-28(33-11-3-7-19-42-33)21-29(23-30)34-12-4-8-20-43-34;1-3-35(44-24-30(1)26-5-13-40-14-6-26)38-46-37(47-39(48-38)36-4-2-31(25-45-36)27-7-15-41-16-8-27)34-22-32(28-9-17-42-18-10-28)21-33(23-34)29-11-19-43-20-12-29/h1-27H;2*1-25H. The van der Waals surface area contributed by atoms with Crippen molar-refractivity contribution in [3.8, 4) is 238 Å². The highest BCUT2D eigenvalue weighted by atomic mass is 15.1. The lowest BCUT2D eigenvalue weighted by molar-refractivity contribution is 1.05. The predicted octanol–water partition coefficient (Wildman–Crippen LogP) is 24.9. The molecule has 0 amide bonds. The van der Waals surface area contributed by atoms with Crippen LogP contribution < -0.4 is 0 Å². The quantitative estimate of drug-likeness (QED) is 0.0645.